The maximum absolute atomic E-state index is 12.5. The van der Waals surface area contributed by atoms with Crippen LogP contribution in [0.15, 0.2) is 56.2 Å². The molecule has 0 fully saturated rings. The minimum absolute atomic E-state index is 0.233. The molecule has 1 aromatic heterocycles. The summed E-state index contributed by atoms with van der Waals surface area (Å²) in [6.07, 6.45) is 2.00. The van der Waals surface area contributed by atoms with Gasteiger partial charge in [-0.15, -0.1) is 11.8 Å². The van der Waals surface area contributed by atoms with Crippen LogP contribution in [0, 0.1) is 6.92 Å². The lowest BCUT2D eigenvalue weighted by molar-refractivity contribution is 0.0998. The number of benzene rings is 2. The molecule has 5 heteroatoms. The van der Waals surface area contributed by atoms with E-state index in [1.54, 1.807) is 11.8 Å². The molecule has 0 unspecified atom stereocenters. The standard InChI is InChI=1S/C17H14BrNO2S/c1-10-14-8-11(18)6-7-15(14)21-16(10)17(20)19-12-4-3-5-13(9-12)22-2/h3-9H,1-2H3,(H,19,20). The smallest absolute Gasteiger partial charge is 0.291 e. The fourth-order valence-electron chi connectivity index (χ4n) is 2.30. The van der Waals surface area contributed by atoms with Crippen LogP contribution >= 0.6 is 27.7 Å². The second kappa shape index (κ2) is 6.18. The maximum Gasteiger partial charge on any atom is 0.291 e. The van der Waals surface area contributed by atoms with E-state index >= 15 is 0 Å². The van der Waals surface area contributed by atoms with E-state index in [0.29, 0.717) is 11.3 Å². The van der Waals surface area contributed by atoms with Crippen molar-refractivity contribution in [1.82, 2.24) is 0 Å². The second-order valence-corrected chi connectivity index (χ2v) is 6.68. The molecule has 0 radical (unpaired) electrons. The zero-order chi connectivity index (χ0) is 15.7. The SMILES string of the molecule is CSc1cccc(NC(=O)c2oc3ccc(Br)cc3c2C)c1. The van der Waals surface area contributed by atoms with Gasteiger partial charge in [-0.2, -0.15) is 0 Å². The molecule has 1 heterocycles. The molecule has 2 aromatic carbocycles. The number of amides is 1. The Bertz CT molecular complexity index is 857. The third-order valence-corrected chi connectivity index (χ3v) is 4.65. The van der Waals surface area contributed by atoms with Crippen LogP contribution in [-0.4, -0.2) is 12.2 Å². The lowest BCUT2D eigenvalue weighted by atomic mass is 10.1. The predicted octanol–water partition coefficient (Wildman–Crippen LogP) is 5.48. The van der Waals surface area contributed by atoms with E-state index in [0.717, 1.165) is 26.0 Å². The van der Waals surface area contributed by atoms with Crippen LogP contribution in [0.2, 0.25) is 0 Å². The number of hydrogen-bond donors (Lipinski definition) is 1. The van der Waals surface area contributed by atoms with Crippen molar-refractivity contribution in [1.29, 1.82) is 0 Å². The summed E-state index contributed by atoms with van der Waals surface area (Å²) in [4.78, 5) is 13.6. The highest BCUT2D eigenvalue weighted by Crippen LogP contribution is 2.29. The molecule has 0 saturated heterocycles. The van der Waals surface area contributed by atoms with Crippen LogP contribution in [0.4, 0.5) is 5.69 Å². The summed E-state index contributed by atoms with van der Waals surface area (Å²) < 4.78 is 6.67. The Balaban J connectivity index is 1.93. The van der Waals surface area contributed by atoms with Gasteiger partial charge in [-0.05, 0) is 49.6 Å². The van der Waals surface area contributed by atoms with Crippen molar-refractivity contribution in [3.05, 3.63) is 58.3 Å². The Morgan fingerprint density at radius 3 is 2.82 bits per heavy atom. The zero-order valence-corrected chi connectivity index (χ0v) is 14.5. The first kappa shape index (κ1) is 15.2. The largest absolute Gasteiger partial charge is 0.451 e. The van der Waals surface area contributed by atoms with Gasteiger partial charge >= 0.3 is 0 Å². The monoisotopic (exact) mass is 375 g/mol. The van der Waals surface area contributed by atoms with Crippen LogP contribution in [-0.2, 0) is 0 Å². The molecular weight excluding hydrogens is 362 g/mol. The normalized spacial score (nSPS) is 10.9. The number of nitrogens with one attached hydrogen (secondary N) is 1. The van der Waals surface area contributed by atoms with Crippen molar-refractivity contribution in [2.45, 2.75) is 11.8 Å². The summed E-state index contributed by atoms with van der Waals surface area (Å²) >= 11 is 5.07. The zero-order valence-electron chi connectivity index (χ0n) is 12.1. The average Bonchev–Trinajstić information content (AvgIpc) is 2.84. The topological polar surface area (TPSA) is 42.2 Å². The van der Waals surface area contributed by atoms with Gasteiger partial charge in [0, 0.05) is 26.0 Å². The number of anilines is 1. The molecule has 0 bridgehead atoms. The molecule has 0 spiro atoms. The summed E-state index contributed by atoms with van der Waals surface area (Å²) in [6, 6.07) is 13.4. The first-order valence-electron chi connectivity index (χ1n) is 6.72. The fourth-order valence-corrected chi connectivity index (χ4v) is 3.12. The van der Waals surface area contributed by atoms with Crippen molar-refractivity contribution in [3.8, 4) is 0 Å². The minimum atomic E-state index is -0.233. The van der Waals surface area contributed by atoms with Crippen molar-refractivity contribution in [2.75, 3.05) is 11.6 Å². The van der Waals surface area contributed by atoms with Crippen molar-refractivity contribution in [3.63, 3.8) is 0 Å². The molecule has 3 aromatic rings. The lowest BCUT2D eigenvalue weighted by Gasteiger charge is -2.05. The molecule has 0 saturated carbocycles. The van der Waals surface area contributed by atoms with Gasteiger partial charge in [0.25, 0.3) is 5.91 Å². The molecule has 0 atom stereocenters. The van der Waals surface area contributed by atoms with Gasteiger partial charge in [0.15, 0.2) is 5.76 Å². The van der Waals surface area contributed by atoms with Crippen LogP contribution in [0.25, 0.3) is 11.0 Å². The van der Waals surface area contributed by atoms with Gasteiger partial charge < -0.3 is 9.73 Å². The highest BCUT2D eigenvalue weighted by molar-refractivity contribution is 9.10. The molecule has 0 aliphatic rings. The molecule has 1 amide bonds. The number of carbonyl (C=O) groups excluding carboxylic acids is 1. The number of hydrogen-bond acceptors (Lipinski definition) is 3. The summed E-state index contributed by atoms with van der Waals surface area (Å²) in [5, 5.41) is 3.83. The second-order valence-electron chi connectivity index (χ2n) is 4.88. The number of fused-ring (bicyclic) bond motifs is 1. The number of halogens is 1. The minimum Gasteiger partial charge on any atom is -0.451 e. The Kier molecular flexibility index (Phi) is 4.27. The molecule has 3 nitrogen and oxygen atoms in total. The first-order chi connectivity index (χ1) is 10.6. The molecule has 0 aliphatic heterocycles. The van der Waals surface area contributed by atoms with Crippen molar-refractivity contribution < 1.29 is 9.21 Å². The molecule has 3 rings (SSSR count). The quantitative estimate of drug-likeness (QED) is 0.616. The van der Waals surface area contributed by atoms with E-state index in [4.69, 9.17) is 4.42 Å². The highest BCUT2D eigenvalue weighted by atomic mass is 79.9. The molecular formula is C17H14BrNO2S. The highest BCUT2D eigenvalue weighted by Gasteiger charge is 2.18. The van der Waals surface area contributed by atoms with Gasteiger partial charge in [-0.25, -0.2) is 0 Å². The Morgan fingerprint density at radius 1 is 1.23 bits per heavy atom. The summed E-state index contributed by atoms with van der Waals surface area (Å²) in [6.45, 7) is 1.89. The lowest BCUT2D eigenvalue weighted by Crippen LogP contribution is -2.12. The number of furan rings is 1. The first-order valence-corrected chi connectivity index (χ1v) is 8.74. The van der Waals surface area contributed by atoms with E-state index in [9.17, 15) is 4.79 Å². The summed E-state index contributed by atoms with van der Waals surface area (Å²) in [5.74, 6) is 0.116. The van der Waals surface area contributed by atoms with Gasteiger partial charge in [0.1, 0.15) is 5.58 Å². The van der Waals surface area contributed by atoms with Crippen LogP contribution in [0.3, 0.4) is 0 Å². The Labute approximate surface area is 141 Å². The van der Waals surface area contributed by atoms with Crippen molar-refractivity contribution >= 4 is 50.3 Å². The third-order valence-electron chi connectivity index (χ3n) is 3.43. The number of thioether (sulfide) groups is 1. The van der Waals surface area contributed by atoms with Crippen LogP contribution < -0.4 is 5.32 Å². The molecule has 0 aliphatic carbocycles. The molecule has 1 N–H and O–H groups in total. The van der Waals surface area contributed by atoms with Gasteiger partial charge in [-0.3, -0.25) is 4.79 Å². The van der Waals surface area contributed by atoms with E-state index in [-0.39, 0.29) is 5.91 Å². The van der Waals surface area contributed by atoms with Gasteiger partial charge in [-0.1, -0.05) is 22.0 Å². The maximum atomic E-state index is 12.5. The predicted molar refractivity (Wildman–Crippen MR) is 94.8 cm³/mol. The van der Waals surface area contributed by atoms with E-state index in [2.05, 4.69) is 21.2 Å². The Hall–Kier alpha value is -1.72. The third kappa shape index (κ3) is 2.91. The van der Waals surface area contributed by atoms with E-state index in [1.165, 1.54) is 0 Å². The van der Waals surface area contributed by atoms with Gasteiger partial charge in [0.2, 0.25) is 0 Å². The van der Waals surface area contributed by atoms with Crippen LogP contribution in [0.5, 0.6) is 0 Å². The Morgan fingerprint density at radius 2 is 2.05 bits per heavy atom. The van der Waals surface area contributed by atoms with Crippen LogP contribution in [0.1, 0.15) is 16.1 Å². The summed E-state index contributed by atoms with van der Waals surface area (Å²) in [5.41, 5.74) is 2.32. The molecule has 112 valence electrons. The van der Waals surface area contributed by atoms with E-state index < -0.39 is 0 Å². The number of carbonyl (C=O) groups is 1. The van der Waals surface area contributed by atoms with E-state index in [1.807, 2.05) is 55.6 Å². The van der Waals surface area contributed by atoms with Crippen molar-refractivity contribution in [2.24, 2.45) is 0 Å². The molecule has 22 heavy (non-hydrogen) atoms. The number of aryl methyl sites for hydroxylation is 1. The summed E-state index contributed by atoms with van der Waals surface area (Å²) in [7, 11) is 0. The fraction of sp³-hybridized carbons (Fsp3) is 0.118. The van der Waals surface area contributed by atoms with Gasteiger partial charge in [0.05, 0.1) is 0 Å². The average molecular weight is 376 g/mol. The number of rotatable bonds is 3.